The largest absolute Gasteiger partial charge is 0.306 e. The number of piperidine rings is 1. The molecule has 1 aromatic carbocycles. The summed E-state index contributed by atoms with van der Waals surface area (Å²) in [5, 5.41) is 1.19. The van der Waals surface area contributed by atoms with E-state index >= 15 is 0 Å². The molecule has 1 nitrogen and oxygen atoms in total. The fourth-order valence-electron chi connectivity index (χ4n) is 2.52. The van der Waals surface area contributed by atoms with Crippen LogP contribution in [0.15, 0.2) is 24.3 Å². The summed E-state index contributed by atoms with van der Waals surface area (Å²) in [4.78, 5) is 3.81. The molecule has 1 aliphatic rings. The maximum absolute atomic E-state index is 13.1. The highest BCUT2D eigenvalue weighted by Crippen LogP contribution is 2.36. The third kappa shape index (κ3) is 2.76. The van der Waals surface area contributed by atoms with Crippen LogP contribution in [0.3, 0.4) is 0 Å². The van der Waals surface area contributed by atoms with Crippen LogP contribution < -0.4 is 0 Å². The first-order chi connectivity index (χ1) is 8.22. The average Bonchev–Trinajstić information content (AvgIpc) is 2.72. The molecule has 0 atom stereocenters. The van der Waals surface area contributed by atoms with Crippen molar-refractivity contribution in [2.24, 2.45) is 0 Å². The number of fused-ring (bicyclic) bond motifs is 1. The van der Waals surface area contributed by atoms with E-state index in [0.29, 0.717) is 5.92 Å². The topological polar surface area (TPSA) is 3.24 Å². The number of thiophene rings is 1. The summed E-state index contributed by atoms with van der Waals surface area (Å²) in [6.45, 7) is 2.35. The van der Waals surface area contributed by atoms with E-state index in [0.717, 1.165) is 4.70 Å². The average molecular weight is 330 g/mol. The Hall–Kier alpha value is -0.450. The fourth-order valence-corrected chi connectivity index (χ4v) is 3.78. The standard InChI is InChI=1S/C14H16FNS.BrH/c1-16-6-4-10(5-7-16)13-8-11-2-3-12(15)9-14(11)17-13;/h2-3,8-10H,4-7H2,1H3;1H. The van der Waals surface area contributed by atoms with Crippen LogP contribution in [-0.4, -0.2) is 25.0 Å². The van der Waals surface area contributed by atoms with Gasteiger partial charge in [-0.1, -0.05) is 6.07 Å². The van der Waals surface area contributed by atoms with Gasteiger partial charge >= 0.3 is 0 Å². The van der Waals surface area contributed by atoms with Crippen molar-refractivity contribution >= 4 is 38.4 Å². The molecule has 4 heteroatoms. The van der Waals surface area contributed by atoms with Gasteiger partial charge in [-0.15, -0.1) is 28.3 Å². The van der Waals surface area contributed by atoms with Crippen molar-refractivity contribution in [1.29, 1.82) is 0 Å². The van der Waals surface area contributed by atoms with Gasteiger partial charge in [0.2, 0.25) is 0 Å². The van der Waals surface area contributed by atoms with Crippen LogP contribution >= 0.6 is 28.3 Å². The number of halogens is 2. The Bertz CT molecular complexity index is 532. The van der Waals surface area contributed by atoms with Gasteiger partial charge in [0.25, 0.3) is 0 Å². The summed E-state index contributed by atoms with van der Waals surface area (Å²) in [7, 11) is 2.18. The van der Waals surface area contributed by atoms with Crippen LogP contribution in [0.25, 0.3) is 10.1 Å². The predicted molar refractivity (Wildman–Crippen MR) is 81.6 cm³/mol. The summed E-state index contributed by atoms with van der Waals surface area (Å²) in [6, 6.07) is 7.33. The SMILES string of the molecule is Br.CN1CCC(c2cc3ccc(F)cc3s2)CC1. The molecule has 1 aliphatic heterocycles. The highest BCUT2D eigenvalue weighted by atomic mass is 79.9. The normalized spacial score (nSPS) is 17.9. The molecule has 0 radical (unpaired) electrons. The molecule has 2 aromatic rings. The van der Waals surface area contributed by atoms with Crippen molar-refractivity contribution in [3.63, 3.8) is 0 Å². The number of likely N-dealkylation sites (tertiary alicyclic amines) is 1. The zero-order chi connectivity index (χ0) is 11.8. The minimum atomic E-state index is -0.130. The molecule has 0 aliphatic carbocycles. The van der Waals surface area contributed by atoms with Gasteiger partial charge < -0.3 is 4.90 Å². The Labute approximate surface area is 121 Å². The van der Waals surface area contributed by atoms with E-state index in [9.17, 15) is 4.39 Å². The van der Waals surface area contributed by atoms with Crippen molar-refractivity contribution in [3.05, 3.63) is 35.0 Å². The number of rotatable bonds is 1. The first-order valence-corrected chi connectivity index (χ1v) is 6.91. The molecule has 2 heterocycles. The Kier molecular flexibility index (Phi) is 4.41. The van der Waals surface area contributed by atoms with Crippen LogP contribution in [-0.2, 0) is 0 Å². The molecule has 1 saturated heterocycles. The molecule has 98 valence electrons. The van der Waals surface area contributed by atoms with E-state index in [-0.39, 0.29) is 22.8 Å². The molecule has 3 rings (SSSR count). The van der Waals surface area contributed by atoms with Gasteiger partial charge in [0.1, 0.15) is 5.82 Å². The maximum Gasteiger partial charge on any atom is 0.124 e. The molecule has 1 aromatic heterocycles. The predicted octanol–water partition coefficient (Wildman–Crippen LogP) is 4.43. The van der Waals surface area contributed by atoms with Gasteiger partial charge in [0.05, 0.1) is 0 Å². The van der Waals surface area contributed by atoms with Crippen molar-refractivity contribution in [3.8, 4) is 0 Å². The Morgan fingerprint density at radius 1 is 1.22 bits per heavy atom. The second-order valence-electron chi connectivity index (χ2n) is 4.91. The summed E-state index contributed by atoms with van der Waals surface area (Å²) in [5.74, 6) is 0.543. The molecular formula is C14H17BrFNS. The number of benzene rings is 1. The number of hydrogen-bond acceptors (Lipinski definition) is 2. The molecule has 0 unspecified atom stereocenters. The highest BCUT2D eigenvalue weighted by molar-refractivity contribution is 8.93. The van der Waals surface area contributed by atoms with E-state index in [2.05, 4.69) is 18.0 Å². The Balaban J connectivity index is 0.00000120. The lowest BCUT2D eigenvalue weighted by Gasteiger charge is -2.28. The Morgan fingerprint density at radius 2 is 1.94 bits per heavy atom. The Morgan fingerprint density at radius 3 is 2.67 bits per heavy atom. The minimum Gasteiger partial charge on any atom is -0.306 e. The molecule has 1 fully saturated rings. The summed E-state index contributed by atoms with van der Waals surface area (Å²) in [6.07, 6.45) is 2.46. The van der Waals surface area contributed by atoms with E-state index < -0.39 is 0 Å². The summed E-state index contributed by atoms with van der Waals surface area (Å²) in [5.41, 5.74) is 0. The lowest BCUT2D eigenvalue weighted by Crippen LogP contribution is -2.28. The summed E-state index contributed by atoms with van der Waals surface area (Å²) >= 11 is 1.76. The second kappa shape index (κ2) is 5.68. The molecule has 0 saturated carbocycles. The van der Waals surface area contributed by atoms with Gasteiger partial charge in [-0.25, -0.2) is 4.39 Å². The molecule has 0 amide bonds. The first-order valence-electron chi connectivity index (χ1n) is 6.10. The van der Waals surface area contributed by atoms with E-state index in [1.54, 1.807) is 23.5 Å². The van der Waals surface area contributed by atoms with Gasteiger partial charge in [-0.05, 0) is 62.5 Å². The number of hydrogen-bond donors (Lipinski definition) is 0. The zero-order valence-electron chi connectivity index (χ0n) is 10.4. The first kappa shape index (κ1) is 14.0. The van der Waals surface area contributed by atoms with Gasteiger partial charge in [0, 0.05) is 9.58 Å². The van der Waals surface area contributed by atoms with Crippen LogP contribution in [0.4, 0.5) is 4.39 Å². The monoisotopic (exact) mass is 329 g/mol. The van der Waals surface area contributed by atoms with Crippen LogP contribution in [0, 0.1) is 5.82 Å². The molecule has 18 heavy (non-hydrogen) atoms. The fraction of sp³-hybridized carbons (Fsp3) is 0.429. The minimum absolute atomic E-state index is 0. The van der Waals surface area contributed by atoms with Crippen molar-refractivity contribution in [1.82, 2.24) is 4.90 Å². The number of nitrogens with zero attached hydrogens (tertiary/aromatic N) is 1. The van der Waals surface area contributed by atoms with Crippen molar-refractivity contribution < 1.29 is 4.39 Å². The molecule has 0 N–H and O–H groups in total. The molecule has 0 bridgehead atoms. The van der Waals surface area contributed by atoms with Crippen LogP contribution in [0.1, 0.15) is 23.6 Å². The van der Waals surface area contributed by atoms with Crippen LogP contribution in [0.5, 0.6) is 0 Å². The van der Waals surface area contributed by atoms with Gasteiger partial charge in [-0.3, -0.25) is 0 Å². The lowest BCUT2D eigenvalue weighted by atomic mass is 9.95. The zero-order valence-corrected chi connectivity index (χ0v) is 12.9. The van der Waals surface area contributed by atoms with E-state index in [4.69, 9.17) is 0 Å². The van der Waals surface area contributed by atoms with Gasteiger partial charge in [0.15, 0.2) is 0 Å². The quantitative estimate of drug-likeness (QED) is 0.748. The van der Waals surface area contributed by atoms with E-state index in [1.165, 1.54) is 36.2 Å². The third-order valence-corrected chi connectivity index (χ3v) is 4.88. The van der Waals surface area contributed by atoms with Crippen LogP contribution in [0.2, 0.25) is 0 Å². The van der Waals surface area contributed by atoms with E-state index in [1.807, 2.05) is 6.07 Å². The van der Waals surface area contributed by atoms with Gasteiger partial charge in [-0.2, -0.15) is 0 Å². The highest BCUT2D eigenvalue weighted by Gasteiger charge is 2.20. The third-order valence-electron chi connectivity index (χ3n) is 3.62. The second-order valence-corrected chi connectivity index (χ2v) is 6.02. The maximum atomic E-state index is 13.1. The van der Waals surface area contributed by atoms with Crippen molar-refractivity contribution in [2.45, 2.75) is 18.8 Å². The smallest absolute Gasteiger partial charge is 0.124 e. The molecule has 0 spiro atoms. The summed E-state index contributed by atoms with van der Waals surface area (Å²) < 4.78 is 14.2. The lowest BCUT2D eigenvalue weighted by molar-refractivity contribution is 0.257. The molecular weight excluding hydrogens is 313 g/mol. The van der Waals surface area contributed by atoms with Crippen molar-refractivity contribution in [2.75, 3.05) is 20.1 Å².